The quantitative estimate of drug-likeness (QED) is 0.853. The highest BCUT2D eigenvalue weighted by Gasteiger charge is 2.26. The van der Waals surface area contributed by atoms with Crippen LogP contribution in [0.4, 0.5) is 5.69 Å². The van der Waals surface area contributed by atoms with Gasteiger partial charge in [-0.15, -0.1) is 11.6 Å². The van der Waals surface area contributed by atoms with Crippen molar-refractivity contribution in [3.8, 4) is 11.3 Å². The van der Waals surface area contributed by atoms with Crippen LogP contribution in [0.15, 0.2) is 41.2 Å². The molecule has 2 aromatic rings. The lowest BCUT2D eigenvalue weighted by atomic mass is 9.95. The van der Waals surface area contributed by atoms with E-state index in [9.17, 15) is 9.59 Å². The number of nitrogens with zero attached hydrogens (tertiary/aromatic N) is 1. The number of alkyl halides is 1. The molecule has 0 spiro atoms. The zero-order valence-electron chi connectivity index (χ0n) is 11.8. The second-order valence-electron chi connectivity index (χ2n) is 5.36. The summed E-state index contributed by atoms with van der Waals surface area (Å²) in [7, 11) is 0. The van der Waals surface area contributed by atoms with Crippen LogP contribution in [0, 0.1) is 5.41 Å². The van der Waals surface area contributed by atoms with Crippen LogP contribution in [0.3, 0.4) is 0 Å². The van der Waals surface area contributed by atoms with Crippen molar-refractivity contribution < 1.29 is 4.79 Å². The number of aromatic nitrogens is 2. The van der Waals surface area contributed by atoms with Crippen molar-refractivity contribution in [3.05, 3.63) is 46.8 Å². The number of hydrogen-bond acceptors (Lipinski definition) is 3. The van der Waals surface area contributed by atoms with E-state index in [1.54, 1.807) is 32.0 Å². The van der Waals surface area contributed by atoms with Crippen molar-refractivity contribution in [1.29, 1.82) is 0 Å². The highest BCUT2D eigenvalue weighted by atomic mass is 35.5. The first-order valence-electron chi connectivity index (χ1n) is 6.46. The average molecular weight is 306 g/mol. The maximum Gasteiger partial charge on any atom is 0.264 e. The van der Waals surface area contributed by atoms with Crippen LogP contribution < -0.4 is 10.9 Å². The van der Waals surface area contributed by atoms with Crippen molar-refractivity contribution in [3.63, 3.8) is 0 Å². The van der Waals surface area contributed by atoms with Crippen molar-refractivity contribution in [2.24, 2.45) is 5.41 Å². The van der Waals surface area contributed by atoms with Gasteiger partial charge < -0.3 is 5.32 Å². The van der Waals surface area contributed by atoms with E-state index in [0.717, 1.165) is 5.56 Å². The minimum atomic E-state index is -0.624. The van der Waals surface area contributed by atoms with Gasteiger partial charge in [0, 0.05) is 23.2 Å². The molecule has 1 heterocycles. The van der Waals surface area contributed by atoms with E-state index in [1.165, 1.54) is 6.07 Å². The van der Waals surface area contributed by atoms with Gasteiger partial charge >= 0.3 is 0 Å². The molecular weight excluding hydrogens is 290 g/mol. The second kappa shape index (κ2) is 6.10. The van der Waals surface area contributed by atoms with Crippen LogP contribution in [-0.4, -0.2) is 22.0 Å². The number of amides is 1. The van der Waals surface area contributed by atoms with Gasteiger partial charge in [0.15, 0.2) is 0 Å². The van der Waals surface area contributed by atoms with E-state index in [-0.39, 0.29) is 17.3 Å². The summed E-state index contributed by atoms with van der Waals surface area (Å²) in [6, 6.07) is 10.3. The van der Waals surface area contributed by atoms with Crippen LogP contribution in [-0.2, 0) is 4.79 Å². The Morgan fingerprint density at radius 1 is 1.24 bits per heavy atom. The predicted octanol–water partition coefficient (Wildman–Crippen LogP) is 2.64. The summed E-state index contributed by atoms with van der Waals surface area (Å²) in [4.78, 5) is 23.0. The van der Waals surface area contributed by atoms with E-state index >= 15 is 0 Å². The molecule has 0 aliphatic heterocycles. The standard InChI is InChI=1S/C15H16ClN3O2/c1-15(2,9-16)14(21)17-11-5-3-10(4-6-11)12-7-8-13(20)19-18-12/h3-8H,9H2,1-2H3,(H,17,21)(H,19,20). The number of benzene rings is 1. The molecule has 0 saturated carbocycles. The number of rotatable bonds is 4. The number of aromatic amines is 1. The smallest absolute Gasteiger partial charge is 0.264 e. The average Bonchev–Trinajstić information content (AvgIpc) is 2.49. The summed E-state index contributed by atoms with van der Waals surface area (Å²) in [5.74, 6) is 0.116. The van der Waals surface area contributed by atoms with Crippen LogP contribution >= 0.6 is 11.6 Å². The molecule has 0 unspecified atom stereocenters. The van der Waals surface area contributed by atoms with Gasteiger partial charge in [-0.25, -0.2) is 5.10 Å². The number of carbonyl (C=O) groups excluding carboxylic acids is 1. The Bertz CT molecular complexity index is 672. The summed E-state index contributed by atoms with van der Waals surface area (Å²) in [6.07, 6.45) is 0. The van der Waals surface area contributed by atoms with Crippen molar-refractivity contribution in [1.82, 2.24) is 10.2 Å². The molecule has 1 aromatic carbocycles. The van der Waals surface area contributed by atoms with Crippen molar-refractivity contribution in [2.45, 2.75) is 13.8 Å². The molecule has 0 bridgehead atoms. The van der Waals surface area contributed by atoms with Gasteiger partial charge in [-0.2, -0.15) is 5.10 Å². The first-order chi connectivity index (χ1) is 9.92. The largest absolute Gasteiger partial charge is 0.326 e. The molecule has 0 fully saturated rings. The molecule has 0 aliphatic rings. The molecular formula is C15H16ClN3O2. The molecule has 110 valence electrons. The molecule has 6 heteroatoms. The van der Waals surface area contributed by atoms with Crippen molar-refractivity contribution >= 4 is 23.2 Å². The lowest BCUT2D eigenvalue weighted by Gasteiger charge is -2.20. The van der Waals surface area contributed by atoms with Gasteiger partial charge in [-0.05, 0) is 32.0 Å². The molecule has 5 nitrogen and oxygen atoms in total. The third kappa shape index (κ3) is 3.70. The summed E-state index contributed by atoms with van der Waals surface area (Å²) < 4.78 is 0. The molecule has 0 radical (unpaired) electrons. The number of anilines is 1. The zero-order chi connectivity index (χ0) is 15.5. The molecule has 2 N–H and O–H groups in total. The molecule has 21 heavy (non-hydrogen) atoms. The van der Waals surface area contributed by atoms with E-state index < -0.39 is 5.41 Å². The fourth-order valence-corrected chi connectivity index (χ4v) is 1.71. The zero-order valence-corrected chi connectivity index (χ0v) is 12.6. The Balaban J connectivity index is 2.14. The molecule has 1 aromatic heterocycles. The fraction of sp³-hybridized carbons (Fsp3) is 0.267. The van der Waals surface area contributed by atoms with E-state index in [0.29, 0.717) is 11.4 Å². The lowest BCUT2D eigenvalue weighted by molar-refractivity contribution is -0.122. The van der Waals surface area contributed by atoms with E-state index in [2.05, 4.69) is 15.5 Å². The van der Waals surface area contributed by atoms with Crippen LogP contribution in [0.1, 0.15) is 13.8 Å². The summed E-state index contributed by atoms with van der Waals surface area (Å²) in [5, 5.41) is 9.15. The Labute approximate surface area is 127 Å². The monoisotopic (exact) mass is 305 g/mol. The van der Waals surface area contributed by atoms with Gasteiger partial charge in [-0.1, -0.05) is 12.1 Å². The van der Waals surface area contributed by atoms with Crippen LogP contribution in [0.2, 0.25) is 0 Å². The fourth-order valence-electron chi connectivity index (χ4n) is 1.59. The van der Waals surface area contributed by atoms with Crippen LogP contribution in [0.25, 0.3) is 11.3 Å². The third-order valence-corrected chi connectivity index (χ3v) is 3.73. The SMILES string of the molecule is CC(C)(CCl)C(=O)Nc1ccc(-c2ccc(=O)[nH]n2)cc1. The number of halogens is 1. The topological polar surface area (TPSA) is 74.8 Å². The van der Waals surface area contributed by atoms with E-state index in [4.69, 9.17) is 11.6 Å². The van der Waals surface area contributed by atoms with Gasteiger partial charge in [0.2, 0.25) is 5.91 Å². The maximum absolute atomic E-state index is 12.0. The molecule has 2 rings (SSSR count). The summed E-state index contributed by atoms with van der Waals surface area (Å²) >= 11 is 5.77. The Morgan fingerprint density at radius 2 is 1.90 bits per heavy atom. The van der Waals surface area contributed by atoms with E-state index in [1.807, 2.05) is 12.1 Å². The summed E-state index contributed by atoms with van der Waals surface area (Å²) in [5.41, 5.74) is 1.33. The maximum atomic E-state index is 12.0. The highest BCUT2D eigenvalue weighted by Crippen LogP contribution is 2.22. The third-order valence-electron chi connectivity index (χ3n) is 3.07. The normalized spacial score (nSPS) is 11.2. The van der Waals surface area contributed by atoms with Gasteiger partial charge in [0.05, 0.1) is 11.1 Å². The molecule has 0 saturated heterocycles. The number of hydrogen-bond donors (Lipinski definition) is 2. The minimum Gasteiger partial charge on any atom is -0.326 e. The van der Waals surface area contributed by atoms with Gasteiger partial charge in [0.25, 0.3) is 5.56 Å². The number of H-pyrrole nitrogens is 1. The van der Waals surface area contributed by atoms with Gasteiger partial charge in [0.1, 0.15) is 0 Å². The highest BCUT2D eigenvalue weighted by molar-refractivity contribution is 6.20. The lowest BCUT2D eigenvalue weighted by Crippen LogP contribution is -2.32. The number of nitrogens with one attached hydrogen (secondary N) is 2. The molecule has 1 amide bonds. The van der Waals surface area contributed by atoms with Crippen LogP contribution in [0.5, 0.6) is 0 Å². The molecule has 0 aliphatic carbocycles. The minimum absolute atomic E-state index is 0.132. The first kappa shape index (κ1) is 15.3. The predicted molar refractivity (Wildman–Crippen MR) is 83.4 cm³/mol. The first-order valence-corrected chi connectivity index (χ1v) is 6.99. The number of carbonyl (C=O) groups is 1. The summed E-state index contributed by atoms with van der Waals surface area (Å²) in [6.45, 7) is 3.57. The van der Waals surface area contributed by atoms with Crippen molar-refractivity contribution in [2.75, 3.05) is 11.2 Å². The second-order valence-corrected chi connectivity index (χ2v) is 5.62. The molecule has 0 atom stereocenters. The Kier molecular flexibility index (Phi) is 4.43. The Hall–Kier alpha value is -2.14. The Morgan fingerprint density at radius 3 is 2.43 bits per heavy atom. The van der Waals surface area contributed by atoms with Gasteiger partial charge in [-0.3, -0.25) is 9.59 Å².